The van der Waals surface area contributed by atoms with Crippen LogP contribution in [0.1, 0.15) is 24.2 Å². The van der Waals surface area contributed by atoms with Gasteiger partial charge in [-0.1, -0.05) is 18.2 Å². The average molecular weight is 332 g/mol. The number of pyridine rings is 1. The number of hydrogen-bond acceptors (Lipinski definition) is 4. The lowest BCUT2D eigenvalue weighted by Crippen LogP contribution is -2.28. The summed E-state index contributed by atoms with van der Waals surface area (Å²) < 4.78 is 0. The monoisotopic (exact) mass is 332 g/mol. The van der Waals surface area contributed by atoms with Crippen LogP contribution in [0.2, 0.25) is 0 Å². The lowest BCUT2D eigenvalue weighted by atomic mass is 10.1. The Balaban J connectivity index is 1.76. The van der Waals surface area contributed by atoms with Crippen LogP contribution < -0.4 is 5.32 Å². The van der Waals surface area contributed by atoms with Crippen LogP contribution in [0.15, 0.2) is 53.6 Å². The Labute approximate surface area is 140 Å². The zero-order chi connectivity index (χ0) is 15.8. The van der Waals surface area contributed by atoms with Gasteiger partial charge >= 0.3 is 0 Å². The van der Waals surface area contributed by atoms with Crippen molar-refractivity contribution in [2.75, 3.05) is 12.0 Å². The molecule has 0 saturated carbocycles. The summed E-state index contributed by atoms with van der Waals surface area (Å²) in [4.78, 5) is 17.5. The van der Waals surface area contributed by atoms with Gasteiger partial charge in [0.15, 0.2) is 0 Å². The number of thioether (sulfide) groups is 2. The quantitative estimate of drug-likeness (QED) is 0.781. The molecule has 1 aromatic heterocycles. The van der Waals surface area contributed by atoms with Gasteiger partial charge in [0, 0.05) is 16.8 Å². The van der Waals surface area contributed by atoms with E-state index in [0.29, 0.717) is 5.75 Å². The Kier molecular flexibility index (Phi) is 6.80. The van der Waals surface area contributed by atoms with E-state index in [0.717, 1.165) is 17.0 Å². The van der Waals surface area contributed by atoms with Crippen molar-refractivity contribution in [3.05, 3.63) is 59.9 Å². The summed E-state index contributed by atoms with van der Waals surface area (Å²) >= 11 is 3.30. The number of aromatic nitrogens is 1. The van der Waals surface area contributed by atoms with Gasteiger partial charge in [-0.2, -0.15) is 0 Å². The van der Waals surface area contributed by atoms with Gasteiger partial charge in [0.1, 0.15) is 0 Å². The van der Waals surface area contributed by atoms with Crippen LogP contribution in [0.3, 0.4) is 0 Å². The number of carbonyl (C=O) groups excluding carboxylic acids is 1. The lowest BCUT2D eigenvalue weighted by molar-refractivity contribution is -0.119. The largest absolute Gasteiger partial charge is 0.349 e. The molecule has 22 heavy (non-hydrogen) atoms. The molecule has 2 rings (SSSR count). The van der Waals surface area contributed by atoms with E-state index in [1.54, 1.807) is 29.7 Å². The van der Waals surface area contributed by atoms with Crippen LogP contribution in [0.25, 0.3) is 0 Å². The van der Waals surface area contributed by atoms with E-state index < -0.39 is 0 Å². The second-order valence-corrected chi connectivity index (χ2v) is 6.74. The molecule has 0 spiro atoms. The Bertz CT molecular complexity index is 587. The summed E-state index contributed by atoms with van der Waals surface area (Å²) in [5, 5.41) is 3.03. The van der Waals surface area contributed by atoms with Crippen LogP contribution in [-0.2, 0) is 10.5 Å². The minimum Gasteiger partial charge on any atom is -0.349 e. The fourth-order valence-corrected chi connectivity index (χ4v) is 3.15. The van der Waals surface area contributed by atoms with Crippen molar-refractivity contribution in [1.82, 2.24) is 10.3 Å². The maximum Gasteiger partial charge on any atom is 0.230 e. The van der Waals surface area contributed by atoms with E-state index in [4.69, 9.17) is 0 Å². The number of carbonyl (C=O) groups is 1. The second kappa shape index (κ2) is 8.86. The molecule has 5 heteroatoms. The number of nitrogens with zero attached hydrogens (tertiary/aromatic N) is 1. The molecule has 1 amide bonds. The number of benzene rings is 1. The molecule has 0 radical (unpaired) electrons. The minimum absolute atomic E-state index is 0.0267. The van der Waals surface area contributed by atoms with Gasteiger partial charge < -0.3 is 5.32 Å². The number of amides is 1. The predicted octanol–water partition coefficient (Wildman–Crippen LogP) is 3.91. The standard InChI is InChI=1S/C17H20N2OS2/c1-13(14-6-8-16(21-2)9-7-14)19-17(20)12-22-11-15-5-3-4-10-18-15/h3-10,13H,11-12H2,1-2H3,(H,19,20)/t13-/m0/s1. The van der Waals surface area contributed by atoms with Gasteiger partial charge in [0.05, 0.1) is 17.5 Å². The van der Waals surface area contributed by atoms with E-state index in [9.17, 15) is 4.79 Å². The van der Waals surface area contributed by atoms with Crippen molar-refractivity contribution in [3.63, 3.8) is 0 Å². The first-order valence-electron chi connectivity index (χ1n) is 7.10. The summed E-state index contributed by atoms with van der Waals surface area (Å²) in [6.07, 6.45) is 3.83. The van der Waals surface area contributed by atoms with Crippen LogP contribution in [0.4, 0.5) is 0 Å². The molecule has 1 atom stereocenters. The van der Waals surface area contributed by atoms with E-state index in [1.165, 1.54) is 4.90 Å². The number of nitrogens with one attached hydrogen (secondary N) is 1. The highest BCUT2D eigenvalue weighted by atomic mass is 32.2. The van der Waals surface area contributed by atoms with Crippen molar-refractivity contribution >= 4 is 29.4 Å². The molecule has 1 aromatic carbocycles. The topological polar surface area (TPSA) is 42.0 Å². The molecule has 1 heterocycles. The normalized spacial score (nSPS) is 11.9. The minimum atomic E-state index is 0.0267. The number of rotatable bonds is 7. The molecular formula is C17H20N2OS2. The average Bonchev–Trinajstić information content (AvgIpc) is 2.56. The predicted molar refractivity (Wildman–Crippen MR) is 95.2 cm³/mol. The summed E-state index contributed by atoms with van der Waals surface area (Å²) in [6, 6.07) is 14.2. The first-order chi connectivity index (χ1) is 10.7. The highest BCUT2D eigenvalue weighted by molar-refractivity contribution is 7.99. The van der Waals surface area contributed by atoms with Crippen molar-refractivity contribution in [1.29, 1.82) is 0 Å². The molecule has 3 nitrogen and oxygen atoms in total. The number of hydrogen-bond donors (Lipinski definition) is 1. The van der Waals surface area contributed by atoms with E-state index in [2.05, 4.69) is 40.8 Å². The van der Waals surface area contributed by atoms with E-state index >= 15 is 0 Å². The molecule has 0 fully saturated rings. The zero-order valence-corrected chi connectivity index (χ0v) is 14.4. The highest BCUT2D eigenvalue weighted by Crippen LogP contribution is 2.19. The maximum absolute atomic E-state index is 12.0. The van der Waals surface area contributed by atoms with Crippen molar-refractivity contribution < 1.29 is 4.79 Å². The van der Waals surface area contributed by atoms with E-state index in [1.807, 2.05) is 25.1 Å². The van der Waals surface area contributed by atoms with Crippen molar-refractivity contribution in [2.24, 2.45) is 0 Å². The fourth-order valence-electron chi connectivity index (χ4n) is 1.99. The first-order valence-corrected chi connectivity index (χ1v) is 9.48. The zero-order valence-electron chi connectivity index (χ0n) is 12.8. The molecular weight excluding hydrogens is 312 g/mol. The van der Waals surface area contributed by atoms with Gasteiger partial charge in [-0.05, 0) is 43.0 Å². The molecule has 0 aliphatic carbocycles. The third-order valence-electron chi connectivity index (χ3n) is 3.20. The molecule has 0 aliphatic rings. The SMILES string of the molecule is CSc1ccc([C@H](C)NC(=O)CSCc2ccccn2)cc1. The summed E-state index contributed by atoms with van der Waals surface area (Å²) in [6.45, 7) is 2.01. The lowest BCUT2D eigenvalue weighted by Gasteiger charge is -2.14. The Hall–Kier alpha value is -1.46. The summed E-state index contributed by atoms with van der Waals surface area (Å²) in [5.41, 5.74) is 2.13. The van der Waals surface area contributed by atoms with Crippen LogP contribution >= 0.6 is 23.5 Å². The molecule has 0 bridgehead atoms. The molecule has 0 aliphatic heterocycles. The fraction of sp³-hybridized carbons (Fsp3) is 0.294. The van der Waals surface area contributed by atoms with Crippen LogP contribution in [0, 0.1) is 0 Å². The van der Waals surface area contributed by atoms with Crippen LogP contribution in [-0.4, -0.2) is 22.9 Å². The highest BCUT2D eigenvalue weighted by Gasteiger charge is 2.09. The molecule has 116 valence electrons. The Morgan fingerprint density at radius 2 is 2.00 bits per heavy atom. The van der Waals surface area contributed by atoms with Gasteiger partial charge in [-0.25, -0.2) is 0 Å². The molecule has 0 unspecified atom stereocenters. The first kappa shape index (κ1) is 16.9. The van der Waals surface area contributed by atoms with E-state index in [-0.39, 0.29) is 11.9 Å². The Morgan fingerprint density at radius 1 is 1.23 bits per heavy atom. The maximum atomic E-state index is 12.0. The third-order valence-corrected chi connectivity index (χ3v) is 4.91. The third kappa shape index (κ3) is 5.39. The van der Waals surface area contributed by atoms with Crippen LogP contribution in [0.5, 0.6) is 0 Å². The smallest absolute Gasteiger partial charge is 0.230 e. The van der Waals surface area contributed by atoms with Gasteiger partial charge in [0.25, 0.3) is 0 Å². The Morgan fingerprint density at radius 3 is 2.64 bits per heavy atom. The molecule has 0 saturated heterocycles. The van der Waals surface area contributed by atoms with Crippen molar-refractivity contribution in [2.45, 2.75) is 23.6 Å². The van der Waals surface area contributed by atoms with Gasteiger partial charge in [-0.3, -0.25) is 9.78 Å². The molecule has 1 N–H and O–H groups in total. The summed E-state index contributed by atoms with van der Waals surface area (Å²) in [5.74, 6) is 1.26. The molecule has 2 aromatic rings. The summed E-state index contributed by atoms with van der Waals surface area (Å²) in [7, 11) is 0. The second-order valence-electron chi connectivity index (χ2n) is 4.88. The van der Waals surface area contributed by atoms with Crippen molar-refractivity contribution in [3.8, 4) is 0 Å². The van der Waals surface area contributed by atoms with Gasteiger partial charge in [-0.15, -0.1) is 23.5 Å². The van der Waals surface area contributed by atoms with Gasteiger partial charge in [0.2, 0.25) is 5.91 Å².